The maximum atomic E-state index is 13.5. The SMILES string of the molecule is COc1ccc(CC(O)CSc2cccc(F)c2)cc1F. The minimum atomic E-state index is -0.633. The Kier molecular flexibility index (Phi) is 5.59. The first kappa shape index (κ1) is 15.8. The minimum absolute atomic E-state index is 0.183. The number of methoxy groups -OCH3 is 1. The Hall–Kier alpha value is -1.59. The molecule has 0 aliphatic rings. The quantitative estimate of drug-likeness (QED) is 0.826. The summed E-state index contributed by atoms with van der Waals surface area (Å²) in [6.07, 6.45) is -0.297. The summed E-state index contributed by atoms with van der Waals surface area (Å²) in [4.78, 5) is 0.759. The summed E-state index contributed by atoms with van der Waals surface area (Å²) < 4.78 is 31.4. The Morgan fingerprint density at radius 3 is 2.67 bits per heavy atom. The van der Waals surface area contributed by atoms with Gasteiger partial charge in [-0.15, -0.1) is 11.8 Å². The molecule has 0 aliphatic carbocycles. The fourth-order valence-corrected chi connectivity index (χ4v) is 2.79. The Bertz CT molecular complexity index is 605. The molecule has 1 unspecified atom stereocenters. The van der Waals surface area contributed by atoms with Crippen LogP contribution in [0.25, 0.3) is 0 Å². The lowest BCUT2D eigenvalue weighted by Crippen LogP contribution is -2.13. The van der Waals surface area contributed by atoms with E-state index in [0.29, 0.717) is 17.7 Å². The number of rotatable bonds is 6. The van der Waals surface area contributed by atoms with E-state index in [-0.39, 0.29) is 11.6 Å². The number of aliphatic hydroxyl groups is 1. The van der Waals surface area contributed by atoms with E-state index in [0.717, 1.165) is 4.90 Å². The Labute approximate surface area is 126 Å². The van der Waals surface area contributed by atoms with Crippen molar-refractivity contribution in [1.29, 1.82) is 0 Å². The van der Waals surface area contributed by atoms with Crippen molar-refractivity contribution in [3.05, 3.63) is 59.7 Å². The highest BCUT2D eigenvalue weighted by molar-refractivity contribution is 7.99. The molecule has 21 heavy (non-hydrogen) atoms. The molecule has 0 amide bonds. The molecular formula is C16H16F2O2S. The molecule has 5 heteroatoms. The number of aliphatic hydroxyl groups excluding tert-OH is 1. The molecule has 0 bridgehead atoms. The minimum Gasteiger partial charge on any atom is -0.494 e. The highest BCUT2D eigenvalue weighted by atomic mass is 32.2. The second kappa shape index (κ2) is 7.43. The molecule has 0 spiro atoms. The van der Waals surface area contributed by atoms with Gasteiger partial charge in [0.25, 0.3) is 0 Å². The van der Waals surface area contributed by atoms with Crippen LogP contribution >= 0.6 is 11.8 Å². The molecular weight excluding hydrogens is 294 g/mol. The molecule has 0 saturated heterocycles. The van der Waals surface area contributed by atoms with Crippen LogP contribution in [-0.2, 0) is 6.42 Å². The summed E-state index contributed by atoms with van der Waals surface area (Å²) in [7, 11) is 1.41. The van der Waals surface area contributed by atoms with Crippen LogP contribution in [0.3, 0.4) is 0 Å². The van der Waals surface area contributed by atoms with Gasteiger partial charge in [0.2, 0.25) is 0 Å². The van der Waals surface area contributed by atoms with Crippen LogP contribution in [0.15, 0.2) is 47.4 Å². The molecule has 2 aromatic rings. The monoisotopic (exact) mass is 310 g/mol. The third-order valence-electron chi connectivity index (χ3n) is 2.93. The van der Waals surface area contributed by atoms with Gasteiger partial charge >= 0.3 is 0 Å². The van der Waals surface area contributed by atoms with E-state index in [1.165, 1.54) is 43.1 Å². The molecule has 1 N–H and O–H groups in total. The molecule has 0 radical (unpaired) electrons. The molecule has 2 aromatic carbocycles. The van der Waals surface area contributed by atoms with Crippen LogP contribution in [0.4, 0.5) is 8.78 Å². The lowest BCUT2D eigenvalue weighted by Gasteiger charge is -2.11. The number of hydrogen-bond acceptors (Lipinski definition) is 3. The summed E-state index contributed by atoms with van der Waals surface area (Å²) in [5, 5.41) is 9.98. The second-order valence-corrected chi connectivity index (χ2v) is 5.69. The Morgan fingerprint density at radius 1 is 1.19 bits per heavy atom. The van der Waals surface area contributed by atoms with E-state index in [1.807, 2.05) is 0 Å². The molecule has 0 aliphatic heterocycles. The van der Waals surface area contributed by atoms with Crippen LogP contribution in [-0.4, -0.2) is 24.1 Å². The first-order valence-corrected chi connectivity index (χ1v) is 7.46. The number of hydrogen-bond donors (Lipinski definition) is 1. The first-order valence-electron chi connectivity index (χ1n) is 6.47. The maximum absolute atomic E-state index is 13.5. The fourth-order valence-electron chi connectivity index (χ4n) is 1.92. The van der Waals surface area contributed by atoms with Crippen molar-refractivity contribution in [1.82, 2.24) is 0 Å². The van der Waals surface area contributed by atoms with E-state index in [1.54, 1.807) is 18.2 Å². The van der Waals surface area contributed by atoms with E-state index < -0.39 is 11.9 Å². The number of benzene rings is 2. The van der Waals surface area contributed by atoms with Crippen LogP contribution in [0.2, 0.25) is 0 Å². The number of thioether (sulfide) groups is 1. The summed E-state index contributed by atoms with van der Waals surface area (Å²) in [5.41, 5.74) is 0.695. The fraction of sp³-hybridized carbons (Fsp3) is 0.250. The maximum Gasteiger partial charge on any atom is 0.165 e. The van der Waals surface area contributed by atoms with Gasteiger partial charge in [-0.2, -0.15) is 0 Å². The predicted molar refractivity (Wildman–Crippen MR) is 79.8 cm³/mol. The third kappa shape index (κ3) is 4.72. The zero-order chi connectivity index (χ0) is 15.2. The molecule has 0 fully saturated rings. The van der Waals surface area contributed by atoms with Gasteiger partial charge in [-0.25, -0.2) is 8.78 Å². The van der Waals surface area contributed by atoms with Gasteiger partial charge in [-0.3, -0.25) is 0 Å². The summed E-state index contributed by atoms with van der Waals surface area (Å²) in [6, 6.07) is 10.8. The van der Waals surface area contributed by atoms with E-state index in [9.17, 15) is 13.9 Å². The third-order valence-corrected chi connectivity index (χ3v) is 4.06. The zero-order valence-corrected chi connectivity index (χ0v) is 12.4. The topological polar surface area (TPSA) is 29.5 Å². The summed E-state index contributed by atoms with van der Waals surface area (Å²) in [5.74, 6) is -0.147. The van der Waals surface area contributed by atoms with Crippen LogP contribution in [0, 0.1) is 11.6 Å². The standard InChI is InChI=1S/C16H16F2O2S/c1-20-16-6-5-11(8-15(16)18)7-13(19)10-21-14-4-2-3-12(17)9-14/h2-6,8-9,13,19H,7,10H2,1H3. The van der Waals surface area contributed by atoms with Gasteiger partial charge in [-0.1, -0.05) is 12.1 Å². The van der Waals surface area contributed by atoms with Crippen molar-refractivity contribution < 1.29 is 18.6 Å². The highest BCUT2D eigenvalue weighted by Crippen LogP contribution is 2.22. The van der Waals surface area contributed by atoms with Gasteiger partial charge in [-0.05, 0) is 42.3 Å². The largest absolute Gasteiger partial charge is 0.494 e. The molecule has 0 aromatic heterocycles. The summed E-state index contributed by atoms with van der Waals surface area (Å²) in [6.45, 7) is 0. The van der Waals surface area contributed by atoms with Gasteiger partial charge in [0.05, 0.1) is 13.2 Å². The van der Waals surface area contributed by atoms with Crippen molar-refractivity contribution in [2.45, 2.75) is 17.4 Å². The second-order valence-electron chi connectivity index (χ2n) is 4.60. The van der Waals surface area contributed by atoms with E-state index in [4.69, 9.17) is 4.74 Å². The lowest BCUT2D eigenvalue weighted by atomic mass is 10.1. The van der Waals surface area contributed by atoms with Crippen molar-refractivity contribution in [3.63, 3.8) is 0 Å². The van der Waals surface area contributed by atoms with Crippen LogP contribution in [0.1, 0.15) is 5.56 Å². The first-order chi connectivity index (χ1) is 10.1. The van der Waals surface area contributed by atoms with Gasteiger partial charge in [0.1, 0.15) is 5.82 Å². The molecule has 0 saturated carbocycles. The van der Waals surface area contributed by atoms with Crippen LogP contribution in [0.5, 0.6) is 5.75 Å². The van der Waals surface area contributed by atoms with Gasteiger partial charge in [0.15, 0.2) is 11.6 Å². The average molecular weight is 310 g/mol. The lowest BCUT2D eigenvalue weighted by molar-refractivity contribution is 0.200. The van der Waals surface area contributed by atoms with Crippen molar-refractivity contribution in [2.24, 2.45) is 0 Å². The zero-order valence-electron chi connectivity index (χ0n) is 11.6. The van der Waals surface area contributed by atoms with Gasteiger partial charge in [0, 0.05) is 10.6 Å². The van der Waals surface area contributed by atoms with Crippen molar-refractivity contribution in [3.8, 4) is 5.75 Å². The van der Waals surface area contributed by atoms with E-state index in [2.05, 4.69) is 0 Å². The Balaban J connectivity index is 1.89. The highest BCUT2D eigenvalue weighted by Gasteiger charge is 2.10. The molecule has 2 nitrogen and oxygen atoms in total. The molecule has 112 valence electrons. The average Bonchev–Trinajstić information content (AvgIpc) is 2.45. The van der Waals surface area contributed by atoms with Crippen LogP contribution < -0.4 is 4.74 Å². The Morgan fingerprint density at radius 2 is 2.00 bits per heavy atom. The van der Waals surface area contributed by atoms with Crippen molar-refractivity contribution >= 4 is 11.8 Å². The van der Waals surface area contributed by atoms with Gasteiger partial charge < -0.3 is 9.84 Å². The smallest absolute Gasteiger partial charge is 0.165 e. The molecule has 1 atom stereocenters. The van der Waals surface area contributed by atoms with E-state index >= 15 is 0 Å². The molecule has 0 heterocycles. The number of halogens is 2. The normalized spacial score (nSPS) is 12.2. The summed E-state index contributed by atoms with van der Waals surface area (Å²) >= 11 is 1.37. The number of ether oxygens (including phenoxy) is 1. The van der Waals surface area contributed by atoms with Crippen molar-refractivity contribution in [2.75, 3.05) is 12.9 Å². The predicted octanol–water partition coefficient (Wildman–Crippen LogP) is 3.67. The molecule has 2 rings (SSSR count).